The number of nitrogens with zero attached hydrogens (tertiary/aromatic N) is 2. The fourth-order valence-electron chi connectivity index (χ4n) is 4.67. The number of carbonyl (C=O) groups excluding carboxylic acids is 3. The van der Waals surface area contributed by atoms with Crippen molar-refractivity contribution < 1.29 is 19.6 Å². The molecule has 0 radical (unpaired) electrons. The van der Waals surface area contributed by atoms with Crippen molar-refractivity contribution in [3.05, 3.63) is 0 Å². The van der Waals surface area contributed by atoms with Gasteiger partial charge < -0.3 is 15.5 Å². The Morgan fingerprint density at radius 3 is 2.30 bits per heavy atom. The molecule has 0 bridgehead atoms. The number of piperidine rings is 1. The average molecular weight is 425 g/mol. The Labute approximate surface area is 180 Å². The predicted molar refractivity (Wildman–Crippen MR) is 115 cm³/mol. The van der Waals surface area contributed by atoms with E-state index < -0.39 is 17.4 Å². The minimum absolute atomic E-state index is 0.0545. The lowest BCUT2D eigenvalue weighted by Gasteiger charge is -2.38. The third-order valence-electron chi connectivity index (χ3n) is 6.60. The van der Waals surface area contributed by atoms with Crippen LogP contribution in [0.25, 0.3) is 0 Å². The van der Waals surface area contributed by atoms with E-state index in [9.17, 15) is 19.6 Å². The highest BCUT2D eigenvalue weighted by atomic mass is 16.5. The van der Waals surface area contributed by atoms with Gasteiger partial charge in [0.15, 0.2) is 0 Å². The van der Waals surface area contributed by atoms with E-state index >= 15 is 0 Å². The van der Waals surface area contributed by atoms with Crippen LogP contribution in [-0.2, 0) is 14.4 Å². The first-order chi connectivity index (χ1) is 14.1. The van der Waals surface area contributed by atoms with Gasteiger partial charge in [-0.15, -0.1) is 0 Å². The molecule has 1 aliphatic heterocycles. The highest BCUT2D eigenvalue weighted by molar-refractivity contribution is 5.89. The van der Waals surface area contributed by atoms with E-state index in [2.05, 4.69) is 10.6 Å². The van der Waals surface area contributed by atoms with Gasteiger partial charge in [-0.3, -0.25) is 19.6 Å². The smallest absolute Gasteiger partial charge is 0.245 e. The molecule has 3 amide bonds. The molecule has 2 unspecified atom stereocenters. The van der Waals surface area contributed by atoms with E-state index in [1.54, 1.807) is 4.90 Å². The van der Waals surface area contributed by atoms with E-state index in [0.29, 0.717) is 23.8 Å². The first-order valence-electron chi connectivity index (χ1n) is 11.3. The summed E-state index contributed by atoms with van der Waals surface area (Å²) >= 11 is 0. The zero-order chi connectivity index (χ0) is 22.3. The van der Waals surface area contributed by atoms with Gasteiger partial charge in [0.25, 0.3) is 0 Å². The van der Waals surface area contributed by atoms with Gasteiger partial charge in [0.05, 0.1) is 12.5 Å². The normalized spacial score (nSPS) is 20.4. The SMILES string of the molecule is CN(C(=O)C(NC(=O)C(CC1CCCC1)CN(O)C=O)C(C)(C)C)C1CCNCC1. The molecule has 1 heterocycles. The standard InChI is InChI=1S/C22H40N4O4/c1-22(2,3)19(21(29)25(4)18-9-11-23-12-10-18)24-20(28)17(14-26(30)15-27)13-16-7-5-6-8-16/h15-19,23,30H,5-14H2,1-4H3,(H,24,28). The molecule has 1 saturated carbocycles. The molecule has 3 N–H and O–H groups in total. The number of likely N-dealkylation sites (N-methyl/N-ethyl adjacent to an activating group) is 1. The molecule has 1 saturated heterocycles. The summed E-state index contributed by atoms with van der Waals surface area (Å²) in [5.74, 6) is -0.472. The van der Waals surface area contributed by atoms with Crippen LogP contribution < -0.4 is 10.6 Å². The average Bonchev–Trinajstić information content (AvgIpc) is 3.23. The zero-order valence-corrected chi connectivity index (χ0v) is 19.0. The second-order valence-corrected chi connectivity index (χ2v) is 10.0. The molecule has 2 fully saturated rings. The summed E-state index contributed by atoms with van der Waals surface area (Å²) in [5, 5.41) is 16.5. The van der Waals surface area contributed by atoms with E-state index in [0.717, 1.165) is 51.6 Å². The van der Waals surface area contributed by atoms with Crippen molar-refractivity contribution in [2.45, 2.75) is 77.8 Å². The van der Waals surface area contributed by atoms with E-state index in [-0.39, 0.29) is 24.4 Å². The molecule has 0 aromatic carbocycles. The predicted octanol–water partition coefficient (Wildman–Crippen LogP) is 1.77. The summed E-state index contributed by atoms with van der Waals surface area (Å²) in [7, 11) is 1.82. The van der Waals surface area contributed by atoms with Crippen molar-refractivity contribution in [1.82, 2.24) is 20.6 Å². The van der Waals surface area contributed by atoms with Gasteiger partial charge in [0, 0.05) is 13.1 Å². The van der Waals surface area contributed by atoms with E-state index in [1.807, 2.05) is 27.8 Å². The van der Waals surface area contributed by atoms with E-state index in [4.69, 9.17) is 0 Å². The maximum absolute atomic E-state index is 13.3. The first kappa shape index (κ1) is 24.6. The lowest BCUT2D eigenvalue weighted by molar-refractivity contribution is -0.156. The molecular weight excluding hydrogens is 384 g/mol. The van der Waals surface area contributed by atoms with Crippen LogP contribution in [0, 0.1) is 17.3 Å². The maximum Gasteiger partial charge on any atom is 0.245 e. The molecule has 2 atom stereocenters. The highest BCUT2D eigenvalue weighted by Crippen LogP contribution is 2.31. The number of nitrogens with one attached hydrogen (secondary N) is 2. The molecule has 30 heavy (non-hydrogen) atoms. The van der Waals surface area contributed by atoms with Crippen LogP contribution in [0.3, 0.4) is 0 Å². The minimum Gasteiger partial charge on any atom is -0.344 e. The number of hydrogen-bond donors (Lipinski definition) is 3. The van der Waals surface area contributed by atoms with Crippen molar-refractivity contribution in [2.75, 3.05) is 26.7 Å². The van der Waals surface area contributed by atoms with Crippen LogP contribution in [0.5, 0.6) is 0 Å². The number of hydroxylamine groups is 2. The van der Waals surface area contributed by atoms with Crippen molar-refractivity contribution >= 4 is 18.2 Å². The Kier molecular flexibility index (Phi) is 9.09. The summed E-state index contributed by atoms with van der Waals surface area (Å²) in [6, 6.07) is -0.503. The van der Waals surface area contributed by atoms with Gasteiger partial charge >= 0.3 is 0 Å². The van der Waals surface area contributed by atoms with Gasteiger partial charge in [0.1, 0.15) is 6.04 Å². The Morgan fingerprint density at radius 1 is 1.17 bits per heavy atom. The molecule has 8 heteroatoms. The zero-order valence-electron chi connectivity index (χ0n) is 19.0. The largest absolute Gasteiger partial charge is 0.344 e. The highest BCUT2D eigenvalue weighted by Gasteiger charge is 2.38. The number of amides is 3. The molecule has 8 nitrogen and oxygen atoms in total. The lowest BCUT2D eigenvalue weighted by atomic mass is 9.84. The lowest BCUT2D eigenvalue weighted by Crippen LogP contribution is -2.58. The summed E-state index contributed by atoms with van der Waals surface area (Å²) in [5.41, 5.74) is -0.463. The van der Waals surface area contributed by atoms with Gasteiger partial charge in [0.2, 0.25) is 18.2 Å². The first-order valence-corrected chi connectivity index (χ1v) is 11.3. The molecule has 1 aliphatic carbocycles. The summed E-state index contributed by atoms with van der Waals surface area (Å²) < 4.78 is 0. The van der Waals surface area contributed by atoms with Crippen LogP contribution in [0.15, 0.2) is 0 Å². The Hall–Kier alpha value is -1.67. The van der Waals surface area contributed by atoms with Gasteiger partial charge in [-0.2, -0.15) is 0 Å². The fraction of sp³-hybridized carbons (Fsp3) is 0.864. The summed E-state index contributed by atoms with van der Waals surface area (Å²) in [4.78, 5) is 39.3. The molecule has 2 aliphatic rings. The van der Waals surface area contributed by atoms with Crippen molar-refractivity contribution in [2.24, 2.45) is 17.3 Å². The number of carbonyl (C=O) groups is 3. The van der Waals surface area contributed by atoms with Crippen LogP contribution >= 0.6 is 0 Å². The maximum atomic E-state index is 13.3. The van der Waals surface area contributed by atoms with Crippen LogP contribution in [0.4, 0.5) is 0 Å². The second kappa shape index (κ2) is 11.1. The second-order valence-electron chi connectivity index (χ2n) is 10.0. The third kappa shape index (κ3) is 6.94. The van der Waals surface area contributed by atoms with Crippen molar-refractivity contribution in [3.8, 4) is 0 Å². The molecule has 2 rings (SSSR count). The third-order valence-corrected chi connectivity index (χ3v) is 6.60. The van der Waals surface area contributed by atoms with Crippen LogP contribution in [0.1, 0.15) is 65.7 Å². The molecule has 172 valence electrons. The quantitative estimate of drug-likeness (QED) is 0.297. The van der Waals surface area contributed by atoms with Crippen LogP contribution in [-0.4, -0.2) is 72.2 Å². The van der Waals surface area contributed by atoms with E-state index in [1.165, 1.54) is 0 Å². The molecule has 0 aromatic rings. The fourth-order valence-corrected chi connectivity index (χ4v) is 4.67. The van der Waals surface area contributed by atoms with Gasteiger partial charge in [-0.1, -0.05) is 46.5 Å². The molecule has 0 aromatic heterocycles. The molecule has 0 spiro atoms. The Balaban J connectivity index is 2.11. The topological polar surface area (TPSA) is 102 Å². The van der Waals surface area contributed by atoms with Gasteiger partial charge in [-0.25, -0.2) is 5.06 Å². The van der Waals surface area contributed by atoms with Gasteiger partial charge in [-0.05, 0) is 43.7 Å². The minimum atomic E-state index is -0.667. The van der Waals surface area contributed by atoms with Crippen molar-refractivity contribution in [1.29, 1.82) is 0 Å². The molecular formula is C22H40N4O4. The Bertz CT molecular complexity index is 580. The summed E-state index contributed by atoms with van der Waals surface area (Å²) in [6.07, 6.45) is 7.18. The number of hydrogen-bond acceptors (Lipinski definition) is 5. The number of rotatable bonds is 9. The van der Waals surface area contributed by atoms with Crippen molar-refractivity contribution in [3.63, 3.8) is 0 Å². The summed E-state index contributed by atoms with van der Waals surface area (Å²) in [6.45, 7) is 7.55. The van der Waals surface area contributed by atoms with Crippen LogP contribution in [0.2, 0.25) is 0 Å². The Morgan fingerprint density at radius 2 is 1.77 bits per heavy atom. The monoisotopic (exact) mass is 424 g/mol.